The van der Waals surface area contributed by atoms with Gasteiger partial charge in [0, 0.05) is 24.6 Å². The summed E-state index contributed by atoms with van der Waals surface area (Å²) >= 11 is 0. The van der Waals surface area contributed by atoms with Crippen molar-refractivity contribution in [2.24, 2.45) is 5.92 Å². The Morgan fingerprint density at radius 1 is 1.52 bits per heavy atom. The summed E-state index contributed by atoms with van der Waals surface area (Å²) in [5.41, 5.74) is 0.965. The molecule has 2 unspecified atom stereocenters. The number of nitro benzene ring substituents is 1. The molecule has 0 aromatic heterocycles. The van der Waals surface area contributed by atoms with Crippen molar-refractivity contribution in [2.75, 3.05) is 26.9 Å². The summed E-state index contributed by atoms with van der Waals surface area (Å²) in [6.45, 7) is 4.48. The largest absolute Gasteiger partial charge is 0.490 e. The molecule has 1 aliphatic rings. The molecule has 0 saturated carbocycles. The van der Waals surface area contributed by atoms with Crippen LogP contribution in [-0.4, -0.2) is 37.8 Å². The van der Waals surface area contributed by atoms with E-state index in [-0.39, 0.29) is 5.69 Å². The van der Waals surface area contributed by atoms with Crippen molar-refractivity contribution >= 4 is 5.69 Å². The Hall–Kier alpha value is -1.66. The number of ether oxygens (including phenoxy) is 2. The highest BCUT2D eigenvalue weighted by Crippen LogP contribution is 2.29. The van der Waals surface area contributed by atoms with Gasteiger partial charge in [-0.2, -0.15) is 0 Å². The molecule has 116 valence electrons. The van der Waals surface area contributed by atoms with Gasteiger partial charge >= 0.3 is 5.69 Å². The van der Waals surface area contributed by atoms with Gasteiger partial charge < -0.3 is 14.8 Å². The van der Waals surface area contributed by atoms with Crippen molar-refractivity contribution in [3.8, 4) is 5.75 Å². The Kier molecular flexibility index (Phi) is 5.52. The normalized spacial score (nSPS) is 22.0. The van der Waals surface area contributed by atoms with Gasteiger partial charge in [0.25, 0.3) is 0 Å². The lowest BCUT2D eigenvalue weighted by Crippen LogP contribution is -2.43. The number of nitro groups is 1. The van der Waals surface area contributed by atoms with Gasteiger partial charge in [-0.25, -0.2) is 0 Å². The maximum Gasteiger partial charge on any atom is 0.311 e. The fourth-order valence-corrected chi connectivity index (χ4v) is 2.84. The van der Waals surface area contributed by atoms with Crippen molar-refractivity contribution in [1.29, 1.82) is 0 Å². The lowest BCUT2D eigenvalue weighted by atomic mass is 9.89. The number of methoxy groups -OCH3 is 1. The van der Waals surface area contributed by atoms with Crippen LogP contribution in [0.3, 0.4) is 0 Å². The Labute approximate surface area is 124 Å². The summed E-state index contributed by atoms with van der Waals surface area (Å²) in [4.78, 5) is 10.7. The van der Waals surface area contributed by atoms with Crippen LogP contribution in [0.2, 0.25) is 0 Å². The quantitative estimate of drug-likeness (QED) is 0.643. The van der Waals surface area contributed by atoms with Crippen LogP contribution in [0.15, 0.2) is 18.2 Å². The molecule has 6 nitrogen and oxygen atoms in total. The Morgan fingerprint density at radius 3 is 3.00 bits per heavy atom. The molecule has 21 heavy (non-hydrogen) atoms. The fraction of sp³-hybridized carbons (Fsp3) is 0.600. The van der Waals surface area contributed by atoms with Crippen molar-refractivity contribution in [3.05, 3.63) is 33.9 Å². The zero-order valence-electron chi connectivity index (χ0n) is 12.5. The molecule has 1 aromatic carbocycles. The van der Waals surface area contributed by atoms with Crippen LogP contribution in [0.4, 0.5) is 5.69 Å². The third kappa shape index (κ3) is 3.92. The van der Waals surface area contributed by atoms with E-state index in [1.165, 1.54) is 7.11 Å². The second kappa shape index (κ2) is 7.38. The molecule has 1 N–H and O–H groups in total. The van der Waals surface area contributed by atoms with Crippen molar-refractivity contribution in [2.45, 2.75) is 25.8 Å². The lowest BCUT2D eigenvalue weighted by Gasteiger charge is -2.32. The molecule has 0 radical (unpaired) electrons. The van der Waals surface area contributed by atoms with E-state index in [2.05, 4.69) is 12.2 Å². The van der Waals surface area contributed by atoms with Crippen LogP contribution >= 0.6 is 0 Å². The van der Waals surface area contributed by atoms with Crippen molar-refractivity contribution in [1.82, 2.24) is 5.32 Å². The van der Waals surface area contributed by atoms with E-state index >= 15 is 0 Å². The minimum atomic E-state index is -0.401. The fourth-order valence-electron chi connectivity index (χ4n) is 2.84. The van der Waals surface area contributed by atoms with Gasteiger partial charge in [-0.3, -0.25) is 10.1 Å². The number of hydrogen-bond acceptors (Lipinski definition) is 5. The molecular weight excluding hydrogens is 272 g/mol. The second-order valence-electron chi connectivity index (χ2n) is 5.26. The SMILES string of the molecule is CCNC1CCOCC1Cc1ccc(OC)c([N+](=O)[O-])c1. The Balaban J connectivity index is 2.14. The maximum absolute atomic E-state index is 11.1. The van der Waals surface area contributed by atoms with Gasteiger partial charge in [0.2, 0.25) is 0 Å². The topological polar surface area (TPSA) is 73.6 Å². The first-order chi connectivity index (χ1) is 10.2. The van der Waals surface area contributed by atoms with Crippen LogP contribution in [0.5, 0.6) is 5.75 Å². The summed E-state index contributed by atoms with van der Waals surface area (Å²) in [6, 6.07) is 5.57. The van der Waals surface area contributed by atoms with Gasteiger partial charge in [-0.05, 0) is 31.0 Å². The van der Waals surface area contributed by atoms with Gasteiger partial charge in [0.05, 0.1) is 18.6 Å². The molecule has 2 rings (SSSR count). The van der Waals surface area contributed by atoms with E-state index in [4.69, 9.17) is 9.47 Å². The first kappa shape index (κ1) is 15.7. The number of nitrogens with zero attached hydrogens (tertiary/aromatic N) is 1. The molecule has 0 aliphatic carbocycles. The summed E-state index contributed by atoms with van der Waals surface area (Å²) < 4.78 is 10.6. The van der Waals surface area contributed by atoms with E-state index < -0.39 is 4.92 Å². The summed E-state index contributed by atoms with van der Waals surface area (Å²) in [7, 11) is 1.44. The van der Waals surface area contributed by atoms with Crippen LogP contribution in [0.1, 0.15) is 18.9 Å². The van der Waals surface area contributed by atoms with E-state index in [0.29, 0.717) is 24.3 Å². The monoisotopic (exact) mass is 294 g/mol. The summed E-state index contributed by atoms with van der Waals surface area (Å²) in [5, 5.41) is 14.6. The number of hydrogen-bond donors (Lipinski definition) is 1. The minimum Gasteiger partial charge on any atom is -0.490 e. The zero-order chi connectivity index (χ0) is 15.2. The van der Waals surface area contributed by atoms with E-state index in [0.717, 1.165) is 31.6 Å². The third-order valence-electron chi connectivity index (χ3n) is 3.88. The Morgan fingerprint density at radius 2 is 2.33 bits per heavy atom. The molecule has 0 amide bonds. The highest BCUT2D eigenvalue weighted by molar-refractivity contribution is 5.48. The highest BCUT2D eigenvalue weighted by atomic mass is 16.6. The molecule has 6 heteroatoms. The molecule has 0 spiro atoms. The number of nitrogens with one attached hydrogen (secondary N) is 1. The van der Waals surface area contributed by atoms with E-state index in [1.54, 1.807) is 12.1 Å². The molecular formula is C15H22N2O4. The van der Waals surface area contributed by atoms with Gasteiger partial charge in [-0.15, -0.1) is 0 Å². The second-order valence-corrected chi connectivity index (χ2v) is 5.26. The van der Waals surface area contributed by atoms with Crippen LogP contribution in [0.25, 0.3) is 0 Å². The van der Waals surface area contributed by atoms with Gasteiger partial charge in [-0.1, -0.05) is 13.0 Å². The first-order valence-corrected chi connectivity index (χ1v) is 7.28. The number of benzene rings is 1. The highest BCUT2D eigenvalue weighted by Gasteiger charge is 2.26. The smallest absolute Gasteiger partial charge is 0.311 e. The molecule has 1 saturated heterocycles. The summed E-state index contributed by atoms with van der Waals surface area (Å²) in [6.07, 6.45) is 1.75. The average Bonchev–Trinajstić information content (AvgIpc) is 2.49. The van der Waals surface area contributed by atoms with Gasteiger partial charge in [0.1, 0.15) is 0 Å². The van der Waals surface area contributed by atoms with Crippen molar-refractivity contribution < 1.29 is 14.4 Å². The van der Waals surface area contributed by atoms with E-state index in [9.17, 15) is 10.1 Å². The molecule has 2 atom stereocenters. The lowest BCUT2D eigenvalue weighted by molar-refractivity contribution is -0.385. The minimum absolute atomic E-state index is 0.0201. The predicted molar refractivity (Wildman–Crippen MR) is 79.7 cm³/mol. The number of rotatable bonds is 6. The molecule has 1 aliphatic heterocycles. The standard InChI is InChI=1S/C15H22N2O4/c1-3-16-13-6-7-21-10-12(13)8-11-4-5-15(20-2)14(9-11)17(18)19/h4-5,9,12-13,16H,3,6-8,10H2,1-2H3. The first-order valence-electron chi connectivity index (χ1n) is 7.28. The van der Waals surface area contributed by atoms with Gasteiger partial charge in [0.15, 0.2) is 5.75 Å². The average molecular weight is 294 g/mol. The maximum atomic E-state index is 11.1. The third-order valence-corrected chi connectivity index (χ3v) is 3.88. The predicted octanol–water partition coefficient (Wildman–Crippen LogP) is 2.16. The van der Waals surface area contributed by atoms with E-state index in [1.807, 2.05) is 6.07 Å². The van der Waals surface area contributed by atoms with Crippen LogP contribution < -0.4 is 10.1 Å². The zero-order valence-corrected chi connectivity index (χ0v) is 12.5. The molecule has 1 aromatic rings. The van der Waals surface area contributed by atoms with Crippen LogP contribution in [-0.2, 0) is 11.2 Å². The van der Waals surface area contributed by atoms with Crippen molar-refractivity contribution in [3.63, 3.8) is 0 Å². The Bertz CT molecular complexity index is 491. The summed E-state index contributed by atoms with van der Waals surface area (Å²) in [5.74, 6) is 0.638. The molecule has 1 heterocycles. The van der Waals surface area contributed by atoms with Crippen LogP contribution in [0, 0.1) is 16.0 Å². The molecule has 0 bridgehead atoms. The molecule has 1 fully saturated rings.